The maximum absolute atomic E-state index is 13.1. The molecule has 12 heteroatoms. The summed E-state index contributed by atoms with van der Waals surface area (Å²) in [6.07, 6.45) is 2.12. The third kappa shape index (κ3) is 6.95. The number of hydrogen-bond acceptors (Lipinski definition) is 7. The number of amides is 2. The second-order valence-electron chi connectivity index (χ2n) is 10.5. The van der Waals surface area contributed by atoms with Crippen LogP contribution < -0.4 is 11.1 Å². The summed E-state index contributed by atoms with van der Waals surface area (Å²) in [5, 5.41) is 21.0. The lowest BCUT2D eigenvalue weighted by atomic mass is 9.88. The van der Waals surface area contributed by atoms with Crippen LogP contribution in [0.5, 0.6) is 0 Å². The smallest absolute Gasteiger partial charge is 0.407 e. The minimum Gasteiger partial charge on any atom is -0.465 e. The zero-order valence-electron chi connectivity index (χ0n) is 23.3. The van der Waals surface area contributed by atoms with Crippen LogP contribution in [0.4, 0.5) is 10.5 Å². The molecule has 1 unspecified atom stereocenters. The fourth-order valence-corrected chi connectivity index (χ4v) is 6.68. The van der Waals surface area contributed by atoms with Gasteiger partial charge in [-0.25, -0.2) is 18.2 Å². The van der Waals surface area contributed by atoms with Crippen molar-refractivity contribution in [2.24, 2.45) is 16.6 Å². The van der Waals surface area contributed by atoms with Crippen LogP contribution in [0.3, 0.4) is 0 Å². The van der Waals surface area contributed by atoms with E-state index in [4.69, 9.17) is 10.8 Å². The fraction of sp³-hybridized carbons (Fsp3) is 0.414. The number of nitrogens with zero attached hydrogens (tertiary/aromatic N) is 3. The number of fused-ring (bicyclic) bond motifs is 1. The zero-order chi connectivity index (χ0) is 29.7. The molecule has 220 valence electrons. The van der Waals surface area contributed by atoms with Crippen molar-refractivity contribution in [2.75, 3.05) is 39.8 Å². The van der Waals surface area contributed by atoms with Crippen molar-refractivity contribution in [2.45, 2.75) is 37.0 Å². The van der Waals surface area contributed by atoms with Gasteiger partial charge in [0.05, 0.1) is 10.6 Å². The number of carbonyl (C=O) groups is 2. The highest BCUT2D eigenvalue weighted by molar-refractivity contribution is 7.89. The SMILES string of the molecule is CCC(c1cccc(S(=O)(=O)N2CC(CO)C2)c1)c1ccc2c(c1)N=C(N)CC(C(=O)NCCCN(C)C(=O)O)=C2. The first kappa shape index (κ1) is 30.2. The van der Waals surface area contributed by atoms with E-state index in [1.165, 1.54) is 11.4 Å². The zero-order valence-corrected chi connectivity index (χ0v) is 24.1. The van der Waals surface area contributed by atoms with Gasteiger partial charge in [-0.15, -0.1) is 0 Å². The molecule has 0 aliphatic carbocycles. The van der Waals surface area contributed by atoms with E-state index in [2.05, 4.69) is 10.3 Å². The number of hydrogen-bond donors (Lipinski definition) is 4. The number of nitrogens with two attached hydrogens (primary N) is 1. The van der Waals surface area contributed by atoms with Crippen molar-refractivity contribution in [3.8, 4) is 0 Å². The van der Waals surface area contributed by atoms with Gasteiger partial charge < -0.3 is 26.2 Å². The van der Waals surface area contributed by atoms with Gasteiger partial charge in [-0.3, -0.25) is 4.79 Å². The van der Waals surface area contributed by atoms with Gasteiger partial charge in [-0.05, 0) is 48.2 Å². The van der Waals surface area contributed by atoms with Crippen molar-refractivity contribution >= 4 is 39.6 Å². The minimum atomic E-state index is -3.64. The standard InChI is InChI=1S/C29H37N5O6S/c1-3-25(20-6-4-7-24(13-20)41(39,40)34-16-19(17-34)18-35)21-8-9-22-12-23(15-27(30)32-26(22)14-21)28(36)31-10-5-11-33(2)29(37)38/h4,6-9,12-14,19,25,35H,3,5,10-11,15-18H2,1-2H3,(H2,30,32)(H,31,36)(H,37,38). The lowest BCUT2D eigenvalue weighted by Gasteiger charge is -2.37. The first-order chi connectivity index (χ1) is 19.5. The number of amidine groups is 1. The van der Waals surface area contributed by atoms with Crippen LogP contribution in [0.15, 0.2) is 57.9 Å². The van der Waals surface area contributed by atoms with E-state index in [0.717, 1.165) is 28.0 Å². The van der Waals surface area contributed by atoms with E-state index in [9.17, 15) is 23.1 Å². The summed E-state index contributed by atoms with van der Waals surface area (Å²) in [6.45, 7) is 3.28. The maximum Gasteiger partial charge on any atom is 0.407 e. The van der Waals surface area contributed by atoms with Crippen molar-refractivity contribution < 1.29 is 28.2 Å². The summed E-state index contributed by atoms with van der Waals surface area (Å²) in [7, 11) is -2.16. The Morgan fingerprint density at radius 3 is 2.61 bits per heavy atom. The van der Waals surface area contributed by atoms with Crippen LogP contribution in [0.25, 0.3) is 6.08 Å². The van der Waals surface area contributed by atoms with Gasteiger partial charge >= 0.3 is 6.09 Å². The molecule has 2 aliphatic heterocycles. The number of carboxylic acid groups (broad SMARTS) is 1. The van der Waals surface area contributed by atoms with Crippen LogP contribution >= 0.6 is 0 Å². The average Bonchev–Trinajstić information content (AvgIpc) is 3.08. The monoisotopic (exact) mass is 583 g/mol. The molecule has 2 aromatic rings. The molecule has 11 nitrogen and oxygen atoms in total. The lowest BCUT2D eigenvalue weighted by Crippen LogP contribution is -2.51. The molecule has 2 aromatic carbocycles. The van der Waals surface area contributed by atoms with Crippen LogP contribution in [0.2, 0.25) is 0 Å². The number of sulfonamides is 1. The van der Waals surface area contributed by atoms with Gasteiger partial charge in [0.2, 0.25) is 15.9 Å². The molecule has 0 aromatic heterocycles. The summed E-state index contributed by atoms with van der Waals surface area (Å²) in [4.78, 5) is 29.7. The summed E-state index contributed by atoms with van der Waals surface area (Å²) in [5.74, 6) is -0.0948. The van der Waals surface area contributed by atoms with Gasteiger partial charge in [-0.1, -0.05) is 31.2 Å². The molecule has 2 amide bonds. The quantitative estimate of drug-likeness (QED) is 0.295. The second-order valence-corrected chi connectivity index (χ2v) is 12.4. The Bertz CT molecular complexity index is 1470. The highest BCUT2D eigenvalue weighted by atomic mass is 32.2. The van der Waals surface area contributed by atoms with E-state index in [0.29, 0.717) is 49.7 Å². The van der Waals surface area contributed by atoms with Crippen molar-refractivity contribution in [3.05, 3.63) is 64.7 Å². The third-order valence-corrected chi connectivity index (χ3v) is 9.31. The Morgan fingerprint density at radius 2 is 1.93 bits per heavy atom. The Balaban J connectivity index is 1.52. The highest BCUT2D eigenvalue weighted by Gasteiger charge is 2.36. The molecule has 1 fully saturated rings. The molecule has 2 aliphatic rings. The largest absolute Gasteiger partial charge is 0.465 e. The number of benzene rings is 2. The Kier molecular flexibility index (Phi) is 9.46. The molecule has 0 radical (unpaired) electrons. The average molecular weight is 584 g/mol. The van der Waals surface area contributed by atoms with Gasteiger partial charge in [0, 0.05) is 69.2 Å². The number of carbonyl (C=O) groups excluding carboxylic acids is 1. The number of aliphatic hydroxyl groups is 1. The summed E-state index contributed by atoms with van der Waals surface area (Å²) in [5.41, 5.74) is 9.83. The molecular weight excluding hydrogens is 546 g/mol. The summed E-state index contributed by atoms with van der Waals surface area (Å²) >= 11 is 0. The van der Waals surface area contributed by atoms with Crippen LogP contribution in [0, 0.1) is 5.92 Å². The first-order valence-corrected chi connectivity index (χ1v) is 15.1. The molecule has 0 bridgehead atoms. The number of rotatable bonds is 11. The van der Waals surface area contributed by atoms with Gasteiger partial charge in [0.15, 0.2) is 0 Å². The van der Waals surface area contributed by atoms with Gasteiger partial charge in [0.25, 0.3) is 0 Å². The molecule has 1 saturated heterocycles. The molecule has 41 heavy (non-hydrogen) atoms. The molecule has 0 spiro atoms. The summed E-state index contributed by atoms with van der Waals surface area (Å²) in [6, 6.07) is 12.8. The normalized spacial score (nSPS) is 16.5. The summed E-state index contributed by atoms with van der Waals surface area (Å²) < 4.78 is 27.6. The van der Waals surface area contributed by atoms with Crippen LogP contribution in [-0.2, 0) is 14.8 Å². The Labute approximate surface area is 240 Å². The number of aliphatic hydroxyl groups excluding tert-OH is 1. The molecular formula is C29H37N5O6S. The fourth-order valence-electron chi connectivity index (χ4n) is 5.04. The van der Waals surface area contributed by atoms with Crippen molar-refractivity contribution in [3.63, 3.8) is 0 Å². The van der Waals surface area contributed by atoms with E-state index < -0.39 is 16.1 Å². The molecule has 5 N–H and O–H groups in total. The van der Waals surface area contributed by atoms with E-state index >= 15 is 0 Å². The predicted octanol–water partition coefficient (Wildman–Crippen LogP) is 2.73. The Hall–Kier alpha value is -3.74. The molecule has 0 saturated carbocycles. The minimum absolute atomic E-state index is 0.0182. The third-order valence-electron chi connectivity index (χ3n) is 7.48. The number of aliphatic imine (C=N–C) groups is 1. The van der Waals surface area contributed by atoms with E-state index in [-0.39, 0.29) is 35.7 Å². The molecule has 2 heterocycles. The first-order valence-electron chi connectivity index (χ1n) is 13.6. The lowest BCUT2D eigenvalue weighted by molar-refractivity contribution is -0.117. The molecule has 4 rings (SSSR count). The van der Waals surface area contributed by atoms with Gasteiger partial charge in [-0.2, -0.15) is 4.31 Å². The van der Waals surface area contributed by atoms with Crippen molar-refractivity contribution in [1.82, 2.24) is 14.5 Å². The predicted molar refractivity (Wildman–Crippen MR) is 157 cm³/mol. The highest BCUT2D eigenvalue weighted by Crippen LogP contribution is 2.35. The van der Waals surface area contributed by atoms with Crippen LogP contribution in [0.1, 0.15) is 48.8 Å². The van der Waals surface area contributed by atoms with Gasteiger partial charge in [0.1, 0.15) is 5.84 Å². The Morgan fingerprint density at radius 1 is 1.20 bits per heavy atom. The number of nitrogens with one attached hydrogen (secondary N) is 1. The molecule has 1 atom stereocenters. The second kappa shape index (κ2) is 12.8. The topological polar surface area (TPSA) is 166 Å². The van der Waals surface area contributed by atoms with Crippen LogP contribution in [-0.4, -0.2) is 85.5 Å². The van der Waals surface area contributed by atoms with E-state index in [1.54, 1.807) is 24.3 Å². The van der Waals surface area contributed by atoms with Crippen molar-refractivity contribution in [1.29, 1.82) is 0 Å². The van der Waals surface area contributed by atoms with E-state index in [1.807, 2.05) is 31.2 Å². The maximum atomic E-state index is 13.1.